The third kappa shape index (κ3) is 2.50. The molecule has 1 N–H and O–H groups in total. The maximum atomic E-state index is 12.8. The van der Waals surface area contributed by atoms with E-state index in [0.29, 0.717) is 29.7 Å². The number of hydrogen-bond acceptors (Lipinski definition) is 3. The molecule has 1 aliphatic heterocycles. The fourth-order valence-electron chi connectivity index (χ4n) is 2.61. The van der Waals surface area contributed by atoms with Crippen molar-refractivity contribution in [2.45, 2.75) is 37.9 Å². The lowest BCUT2D eigenvalue weighted by Crippen LogP contribution is -2.42. The summed E-state index contributed by atoms with van der Waals surface area (Å²) in [4.78, 5) is 1.71. The highest BCUT2D eigenvalue weighted by Crippen LogP contribution is 2.39. The Hall–Kier alpha value is -1.05. The van der Waals surface area contributed by atoms with Gasteiger partial charge in [0.2, 0.25) is 5.95 Å². The molecule has 3 rings (SSSR count). The number of aromatic amines is 1. The number of rotatable bonds is 2. The number of alkyl halides is 3. The van der Waals surface area contributed by atoms with Gasteiger partial charge in [-0.1, -0.05) is 0 Å². The maximum Gasteiger partial charge on any atom is 0.393 e. The van der Waals surface area contributed by atoms with Gasteiger partial charge in [-0.2, -0.15) is 13.2 Å². The first-order valence-electron chi connectivity index (χ1n) is 6.45. The van der Waals surface area contributed by atoms with E-state index in [1.807, 2.05) is 4.57 Å². The molecule has 2 heterocycles. The molecule has 0 radical (unpaired) electrons. The molecule has 19 heavy (non-hydrogen) atoms. The minimum absolute atomic E-state index is 0.0180. The smallest absolute Gasteiger partial charge is 0.340 e. The number of hydrogen-bond donors (Lipinski definition) is 1. The van der Waals surface area contributed by atoms with Gasteiger partial charge in [0.05, 0.1) is 5.92 Å². The normalized spacial score (nSPS) is 24.8. The van der Waals surface area contributed by atoms with Crippen LogP contribution in [0.15, 0.2) is 0 Å². The molecule has 0 bridgehead atoms. The zero-order chi connectivity index (χ0) is 13.6. The van der Waals surface area contributed by atoms with Gasteiger partial charge in [0.15, 0.2) is 4.77 Å². The van der Waals surface area contributed by atoms with Crippen molar-refractivity contribution in [3.63, 3.8) is 0 Å². The Labute approximate surface area is 113 Å². The monoisotopic (exact) mass is 292 g/mol. The molecule has 1 aromatic rings. The zero-order valence-corrected chi connectivity index (χ0v) is 11.1. The van der Waals surface area contributed by atoms with Gasteiger partial charge in [0.1, 0.15) is 0 Å². The van der Waals surface area contributed by atoms with Crippen molar-refractivity contribution in [2.24, 2.45) is 5.92 Å². The molecule has 0 aromatic carbocycles. The molecule has 0 amide bonds. The summed E-state index contributed by atoms with van der Waals surface area (Å²) in [5, 5.41) is 6.82. The van der Waals surface area contributed by atoms with Crippen LogP contribution in [0.1, 0.15) is 31.7 Å². The van der Waals surface area contributed by atoms with E-state index in [1.54, 1.807) is 4.90 Å². The average Bonchev–Trinajstić information content (AvgIpc) is 3.12. The van der Waals surface area contributed by atoms with E-state index in [4.69, 9.17) is 12.2 Å². The van der Waals surface area contributed by atoms with Crippen LogP contribution in [0.5, 0.6) is 0 Å². The van der Waals surface area contributed by atoms with E-state index in [1.165, 1.54) is 0 Å². The second-order valence-corrected chi connectivity index (χ2v) is 5.64. The second kappa shape index (κ2) is 4.50. The summed E-state index contributed by atoms with van der Waals surface area (Å²) in [6.07, 6.45) is -1.34. The van der Waals surface area contributed by atoms with Crippen LogP contribution < -0.4 is 4.90 Å². The summed E-state index contributed by atoms with van der Waals surface area (Å²) in [6, 6.07) is 0.313. The van der Waals surface area contributed by atoms with E-state index < -0.39 is 12.1 Å². The third-order valence-electron chi connectivity index (χ3n) is 3.76. The number of nitrogens with zero attached hydrogens (tertiary/aromatic N) is 3. The summed E-state index contributed by atoms with van der Waals surface area (Å²) in [5.41, 5.74) is 0. The average molecular weight is 292 g/mol. The molecule has 1 atom stereocenters. The lowest BCUT2D eigenvalue weighted by molar-refractivity contribution is -0.176. The zero-order valence-electron chi connectivity index (χ0n) is 10.3. The highest BCUT2D eigenvalue weighted by molar-refractivity contribution is 7.71. The van der Waals surface area contributed by atoms with Gasteiger partial charge in [0, 0.05) is 19.1 Å². The number of piperidine rings is 1. The molecule has 1 unspecified atom stereocenters. The van der Waals surface area contributed by atoms with Crippen molar-refractivity contribution >= 4 is 18.2 Å². The molecular formula is C11H15F3N4S. The van der Waals surface area contributed by atoms with E-state index in [0.717, 1.165) is 12.8 Å². The van der Waals surface area contributed by atoms with Crippen LogP contribution in [0.3, 0.4) is 0 Å². The van der Waals surface area contributed by atoms with Crippen LogP contribution in [0.25, 0.3) is 0 Å². The molecular weight excluding hydrogens is 277 g/mol. The Morgan fingerprint density at radius 2 is 2.00 bits per heavy atom. The maximum absolute atomic E-state index is 12.8. The van der Waals surface area contributed by atoms with Gasteiger partial charge in [-0.3, -0.25) is 4.57 Å². The van der Waals surface area contributed by atoms with Crippen LogP contribution >= 0.6 is 12.2 Å². The minimum atomic E-state index is -4.13. The van der Waals surface area contributed by atoms with Crippen LogP contribution in [0, 0.1) is 10.7 Å². The Bertz CT molecular complexity index is 517. The summed E-state index contributed by atoms with van der Waals surface area (Å²) in [5.74, 6) is -0.694. The van der Waals surface area contributed by atoms with E-state index in [2.05, 4.69) is 10.2 Å². The highest BCUT2D eigenvalue weighted by atomic mass is 32.1. The molecule has 4 nitrogen and oxygen atoms in total. The SMILES string of the molecule is FC(F)(F)C1CCCN(c2n[nH]c(=S)n2C2CC2)C1. The van der Waals surface area contributed by atoms with Crippen molar-refractivity contribution in [2.75, 3.05) is 18.0 Å². The number of halogens is 3. The molecule has 0 spiro atoms. The largest absolute Gasteiger partial charge is 0.393 e. The van der Waals surface area contributed by atoms with Gasteiger partial charge >= 0.3 is 6.18 Å². The van der Waals surface area contributed by atoms with Gasteiger partial charge in [-0.25, -0.2) is 5.10 Å². The van der Waals surface area contributed by atoms with Crippen molar-refractivity contribution < 1.29 is 13.2 Å². The van der Waals surface area contributed by atoms with Gasteiger partial charge < -0.3 is 4.90 Å². The first kappa shape index (κ1) is 13.0. The molecule has 2 fully saturated rings. The standard InChI is InChI=1S/C11H15F3N4S/c12-11(13,14)7-2-1-5-17(6-7)9-15-16-10(19)18(9)8-3-4-8/h7-8H,1-6H2,(H,16,19). The van der Waals surface area contributed by atoms with Crippen LogP contribution in [-0.2, 0) is 0 Å². The summed E-state index contributed by atoms with van der Waals surface area (Å²) in [6.45, 7) is 0.592. The van der Waals surface area contributed by atoms with Crippen molar-refractivity contribution in [3.05, 3.63) is 4.77 Å². The first-order valence-corrected chi connectivity index (χ1v) is 6.86. The second-order valence-electron chi connectivity index (χ2n) is 5.26. The third-order valence-corrected chi connectivity index (χ3v) is 4.05. The lowest BCUT2D eigenvalue weighted by Gasteiger charge is -2.34. The van der Waals surface area contributed by atoms with Crippen molar-refractivity contribution in [1.29, 1.82) is 0 Å². The van der Waals surface area contributed by atoms with Crippen LogP contribution in [0.2, 0.25) is 0 Å². The predicted octanol–water partition coefficient (Wildman–Crippen LogP) is 3.05. The van der Waals surface area contributed by atoms with Crippen LogP contribution in [0.4, 0.5) is 19.1 Å². The Morgan fingerprint density at radius 3 is 2.63 bits per heavy atom. The number of anilines is 1. The fraction of sp³-hybridized carbons (Fsp3) is 0.818. The van der Waals surface area contributed by atoms with E-state index >= 15 is 0 Å². The molecule has 1 aromatic heterocycles. The minimum Gasteiger partial charge on any atom is -0.340 e. The summed E-state index contributed by atoms with van der Waals surface area (Å²) in [7, 11) is 0. The quantitative estimate of drug-likeness (QED) is 0.851. The van der Waals surface area contributed by atoms with Gasteiger partial charge in [0.25, 0.3) is 0 Å². The Balaban J connectivity index is 1.84. The number of nitrogens with one attached hydrogen (secondary N) is 1. The molecule has 106 valence electrons. The van der Waals surface area contributed by atoms with Gasteiger partial charge in [-0.15, -0.1) is 5.10 Å². The number of aromatic nitrogens is 3. The Morgan fingerprint density at radius 1 is 1.26 bits per heavy atom. The first-order chi connectivity index (χ1) is 8.97. The van der Waals surface area contributed by atoms with E-state index in [-0.39, 0.29) is 13.0 Å². The lowest BCUT2D eigenvalue weighted by atomic mass is 9.98. The highest BCUT2D eigenvalue weighted by Gasteiger charge is 2.43. The Kier molecular flexibility index (Phi) is 3.07. The molecule has 1 aliphatic carbocycles. The van der Waals surface area contributed by atoms with E-state index in [9.17, 15) is 13.2 Å². The fourth-order valence-corrected chi connectivity index (χ4v) is 2.88. The predicted molar refractivity (Wildman–Crippen MR) is 66.7 cm³/mol. The topological polar surface area (TPSA) is 36.9 Å². The molecule has 1 saturated carbocycles. The van der Waals surface area contributed by atoms with Crippen molar-refractivity contribution in [1.82, 2.24) is 14.8 Å². The van der Waals surface area contributed by atoms with Crippen LogP contribution in [-0.4, -0.2) is 34.0 Å². The molecule has 1 saturated heterocycles. The summed E-state index contributed by atoms with van der Waals surface area (Å²) < 4.78 is 40.8. The number of H-pyrrole nitrogens is 1. The van der Waals surface area contributed by atoms with Crippen molar-refractivity contribution in [3.8, 4) is 0 Å². The summed E-state index contributed by atoms with van der Waals surface area (Å²) >= 11 is 5.16. The van der Waals surface area contributed by atoms with Gasteiger partial charge in [-0.05, 0) is 37.9 Å². The molecule has 2 aliphatic rings. The molecule has 8 heteroatoms.